The zero-order chi connectivity index (χ0) is 13.2. The summed E-state index contributed by atoms with van der Waals surface area (Å²) in [5.74, 6) is -0.240. The van der Waals surface area contributed by atoms with E-state index in [2.05, 4.69) is 15.3 Å². The highest BCUT2D eigenvalue weighted by atomic mass is 32.1. The lowest BCUT2D eigenvalue weighted by Gasteiger charge is -2.15. The summed E-state index contributed by atoms with van der Waals surface area (Å²) in [6, 6.07) is 2.92. The molecule has 19 heavy (non-hydrogen) atoms. The van der Waals surface area contributed by atoms with Crippen molar-refractivity contribution in [1.82, 2.24) is 9.97 Å². The Morgan fingerprint density at radius 2 is 2.32 bits per heavy atom. The van der Waals surface area contributed by atoms with Crippen LogP contribution >= 0.6 is 11.3 Å². The van der Waals surface area contributed by atoms with Gasteiger partial charge < -0.3 is 10.4 Å². The highest BCUT2D eigenvalue weighted by Gasteiger charge is 2.24. The molecule has 0 saturated carbocycles. The minimum Gasteiger partial charge on any atom is -0.479 e. The molecule has 1 unspecified atom stereocenters. The monoisotopic (exact) mass is 275 g/mol. The van der Waals surface area contributed by atoms with Gasteiger partial charge in [0.25, 0.3) is 0 Å². The van der Waals surface area contributed by atoms with Crippen LogP contribution in [-0.4, -0.2) is 21.0 Å². The van der Waals surface area contributed by atoms with E-state index < -0.39 is 12.0 Å². The molecular formula is C13H13N3O2S. The lowest BCUT2D eigenvalue weighted by atomic mass is 10.2. The minimum absolute atomic E-state index is 0.656. The maximum atomic E-state index is 11.4. The first-order chi connectivity index (χ1) is 9.25. The third-order valence-electron chi connectivity index (χ3n) is 3.23. The van der Waals surface area contributed by atoms with E-state index in [9.17, 15) is 9.90 Å². The van der Waals surface area contributed by atoms with Crippen molar-refractivity contribution in [2.45, 2.75) is 25.3 Å². The Labute approximate surface area is 114 Å². The van der Waals surface area contributed by atoms with Crippen molar-refractivity contribution in [1.29, 1.82) is 0 Å². The highest BCUT2D eigenvalue weighted by molar-refractivity contribution is 7.10. The quantitative estimate of drug-likeness (QED) is 0.895. The summed E-state index contributed by atoms with van der Waals surface area (Å²) in [7, 11) is 0. The molecule has 2 heterocycles. The number of fused-ring (bicyclic) bond motifs is 1. The van der Waals surface area contributed by atoms with Gasteiger partial charge in [-0.25, -0.2) is 14.8 Å². The molecule has 3 rings (SSSR count). The SMILES string of the molecule is O=C(O)C(Nc1ncnc2c1CCC2)c1cccs1. The molecule has 5 nitrogen and oxygen atoms in total. The molecule has 98 valence electrons. The van der Waals surface area contributed by atoms with Crippen LogP contribution in [0.1, 0.15) is 28.6 Å². The van der Waals surface area contributed by atoms with E-state index in [1.807, 2.05) is 17.5 Å². The number of carbonyl (C=O) groups is 1. The number of carboxylic acids is 1. The number of aryl methyl sites for hydroxylation is 1. The first kappa shape index (κ1) is 12.1. The predicted molar refractivity (Wildman–Crippen MR) is 72.4 cm³/mol. The Balaban J connectivity index is 1.91. The molecule has 6 heteroatoms. The van der Waals surface area contributed by atoms with E-state index in [0.29, 0.717) is 5.82 Å². The Morgan fingerprint density at radius 1 is 1.42 bits per heavy atom. The van der Waals surface area contributed by atoms with Crippen molar-refractivity contribution in [3.8, 4) is 0 Å². The van der Waals surface area contributed by atoms with Crippen LogP contribution in [0.4, 0.5) is 5.82 Å². The third-order valence-corrected chi connectivity index (χ3v) is 4.17. The van der Waals surface area contributed by atoms with Crippen LogP contribution in [0.3, 0.4) is 0 Å². The van der Waals surface area contributed by atoms with Crippen LogP contribution < -0.4 is 5.32 Å². The molecule has 1 aliphatic rings. The average Bonchev–Trinajstić information content (AvgIpc) is 3.06. The molecule has 2 aromatic rings. The number of hydrogen-bond donors (Lipinski definition) is 2. The molecule has 0 aromatic carbocycles. The number of hydrogen-bond acceptors (Lipinski definition) is 5. The van der Waals surface area contributed by atoms with Gasteiger partial charge in [-0.1, -0.05) is 6.07 Å². The van der Waals surface area contributed by atoms with Gasteiger partial charge in [-0.3, -0.25) is 0 Å². The first-order valence-corrected chi connectivity index (χ1v) is 6.99. The molecule has 2 aromatic heterocycles. The van der Waals surface area contributed by atoms with Gasteiger partial charge in [0.15, 0.2) is 6.04 Å². The second-order valence-electron chi connectivity index (χ2n) is 4.43. The van der Waals surface area contributed by atoms with Crippen LogP contribution in [-0.2, 0) is 17.6 Å². The van der Waals surface area contributed by atoms with Gasteiger partial charge >= 0.3 is 5.97 Å². The van der Waals surface area contributed by atoms with Crippen molar-refractivity contribution in [3.63, 3.8) is 0 Å². The number of carboxylic acid groups (broad SMARTS) is 1. The van der Waals surface area contributed by atoms with E-state index >= 15 is 0 Å². The van der Waals surface area contributed by atoms with Crippen molar-refractivity contribution >= 4 is 23.1 Å². The molecule has 1 aliphatic carbocycles. The number of aliphatic carboxylic acids is 1. The standard InChI is InChI=1S/C13H13N3O2S/c17-13(18)11(10-5-2-6-19-10)16-12-8-3-1-4-9(8)14-7-15-12/h2,5-7,11H,1,3-4H2,(H,17,18)(H,14,15,16). The normalized spacial score (nSPS) is 14.9. The number of nitrogens with one attached hydrogen (secondary N) is 1. The number of nitrogens with zero attached hydrogens (tertiary/aromatic N) is 2. The Morgan fingerprint density at radius 3 is 3.05 bits per heavy atom. The van der Waals surface area contributed by atoms with Gasteiger partial charge in [0.2, 0.25) is 0 Å². The van der Waals surface area contributed by atoms with E-state index in [-0.39, 0.29) is 0 Å². The molecule has 0 amide bonds. The second-order valence-corrected chi connectivity index (χ2v) is 5.41. The van der Waals surface area contributed by atoms with Crippen molar-refractivity contribution < 1.29 is 9.90 Å². The second kappa shape index (κ2) is 4.97. The number of rotatable bonds is 4. The van der Waals surface area contributed by atoms with Crippen LogP contribution in [0.15, 0.2) is 23.8 Å². The van der Waals surface area contributed by atoms with Gasteiger partial charge in [-0.2, -0.15) is 0 Å². The lowest BCUT2D eigenvalue weighted by molar-refractivity contribution is -0.138. The topological polar surface area (TPSA) is 75.1 Å². The average molecular weight is 275 g/mol. The predicted octanol–water partition coefficient (Wildman–Crippen LogP) is 2.26. The molecular weight excluding hydrogens is 262 g/mol. The number of anilines is 1. The van der Waals surface area contributed by atoms with Crippen molar-refractivity contribution in [3.05, 3.63) is 40.0 Å². The summed E-state index contributed by atoms with van der Waals surface area (Å²) in [6.07, 6.45) is 4.41. The van der Waals surface area contributed by atoms with Gasteiger partial charge in [0.1, 0.15) is 12.1 Å². The molecule has 2 N–H and O–H groups in total. The third kappa shape index (κ3) is 2.31. The van der Waals surface area contributed by atoms with Crippen LogP contribution in [0, 0.1) is 0 Å². The fraction of sp³-hybridized carbons (Fsp3) is 0.308. The largest absolute Gasteiger partial charge is 0.479 e. The van der Waals surface area contributed by atoms with Crippen LogP contribution in [0.2, 0.25) is 0 Å². The van der Waals surface area contributed by atoms with Crippen molar-refractivity contribution in [2.24, 2.45) is 0 Å². The summed E-state index contributed by atoms with van der Waals surface area (Å²) in [4.78, 5) is 20.6. The summed E-state index contributed by atoms with van der Waals surface area (Å²) in [5.41, 5.74) is 2.10. The van der Waals surface area contributed by atoms with Gasteiger partial charge in [-0.15, -0.1) is 11.3 Å². The first-order valence-electron chi connectivity index (χ1n) is 6.11. The van der Waals surface area contributed by atoms with Gasteiger partial charge in [-0.05, 0) is 30.7 Å². The minimum atomic E-state index is -0.896. The summed E-state index contributed by atoms with van der Waals surface area (Å²) < 4.78 is 0. The van der Waals surface area contributed by atoms with Gasteiger partial charge in [0, 0.05) is 16.1 Å². The molecule has 0 radical (unpaired) electrons. The smallest absolute Gasteiger partial charge is 0.331 e. The number of aromatic nitrogens is 2. The van der Waals surface area contributed by atoms with Crippen LogP contribution in [0.5, 0.6) is 0 Å². The Kier molecular flexibility index (Phi) is 3.16. The summed E-state index contributed by atoms with van der Waals surface area (Å²) in [5, 5.41) is 14.3. The van der Waals surface area contributed by atoms with Gasteiger partial charge in [0.05, 0.1) is 0 Å². The molecule has 0 fully saturated rings. The maximum absolute atomic E-state index is 11.4. The van der Waals surface area contributed by atoms with E-state index in [1.165, 1.54) is 17.7 Å². The fourth-order valence-corrected chi connectivity index (χ4v) is 3.10. The maximum Gasteiger partial charge on any atom is 0.331 e. The highest BCUT2D eigenvalue weighted by Crippen LogP contribution is 2.29. The zero-order valence-electron chi connectivity index (χ0n) is 10.2. The van der Waals surface area contributed by atoms with E-state index in [0.717, 1.165) is 35.4 Å². The molecule has 1 atom stereocenters. The number of thiophene rings is 1. The molecule has 0 saturated heterocycles. The molecule has 0 spiro atoms. The lowest BCUT2D eigenvalue weighted by Crippen LogP contribution is -2.21. The van der Waals surface area contributed by atoms with Crippen LogP contribution in [0.25, 0.3) is 0 Å². The molecule has 0 bridgehead atoms. The summed E-state index contributed by atoms with van der Waals surface area (Å²) >= 11 is 1.43. The Hall–Kier alpha value is -1.95. The van der Waals surface area contributed by atoms with E-state index in [1.54, 1.807) is 0 Å². The van der Waals surface area contributed by atoms with E-state index in [4.69, 9.17) is 0 Å². The fourth-order valence-electron chi connectivity index (χ4n) is 2.33. The summed E-state index contributed by atoms with van der Waals surface area (Å²) in [6.45, 7) is 0. The zero-order valence-corrected chi connectivity index (χ0v) is 11.0. The molecule has 0 aliphatic heterocycles. The van der Waals surface area contributed by atoms with Crippen molar-refractivity contribution in [2.75, 3.05) is 5.32 Å². The Bertz CT molecular complexity index is 598.